The molecule has 1 aromatic carbocycles. The summed E-state index contributed by atoms with van der Waals surface area (Å²) < 4.78 is 0. The Morgan fingerprint density at radius 2 is 1.96 bits per heavy atom. The van der Waals surface area contributed by atoms with Crippen molar-refractivity contribution in [1.29, 1.82) is 5.26 Å². The van der Waals surface area contributed by atoms with E-state index in [0.717, 1.165) is 16.7 Å². The maximum absolute atomic E-state index is 11.3. The molecular formula is C17H13N5OS. The number of hydrogen-bond acceptors (Lipinski definition) is 6. The van der Waals surface area contributed by atoms with E-state index in [0.29, 0.717) is 16.4 Å². The van der Waals surface area contributed by atoms with Gasteiger partial charge in [-0.25, -0.2) is 4.98 Å². The lowest BCUT2D eigenvalue weighted by molar-refractivity contribution is -0.114. The van der Waals surface area contributed by atoms with Gasteiger partial charge in [0, 0.05) is 23.3 Å². The summed E-state index contributed by atoms with van der Waals surface area (Å²) in [5.41, 5.74) is 9.21. The van der Waals surface area contributed by atoms with E-state index >= 15 is 0 Å². The molecule has 118 valence electrons. The van der Waals surface area contributed by atoms with Crippen molar-refractivity contribution in [2.24, 2.45) is 5.73 Å². The molecule has 0 aliphatic heterocycles. The van der Waals surface area contributed by atoms with E-state index in [1.807, 2.05) is 29.6 Å². The third kappa shape index (κ3) is 3.46. The molecule has 0 saturated carbocycles. The Hall–Kier alpha value is -3.08. The van der Waals surface area contributed by atoms with Crippen molar-refractivity contribution < 1.29 is 4.79 Å². The van der Waals surface area contributed by atoms with Gasteiger partial charge in [-0.3, -0.25) is 9.78 Å². The van der Waals surface area contributed by atoms with Gasteiger partial charge < -0.3 is 11.1 Å². The number of rotatable bonds is 4. The van der Waals surface area contributed by atoms with E-state index in [9.17, 15) is 10.1 Å². The maximum Gasteiger partial charge on any atom is 0.239 e. The molecule has 0 unspecified atom stereocenters. The van der Waals surface area contributed by atoms with Crippen LogP contribution < -0.4 is 11.1 Å². The number of nitrogens with one attached hydrogen (secondary N) is 1. The molecule has 0 spiro atoms. The second kappa shape index (κ2) is 7.00. The molecule has 0 bridgehead atoms. The highest BCUT2D eigenvalue weighted by Gasteiger charge is 2.10. The smallest absolute Gasteiger partial charge is 0.239 e. The van der Waals surface area contributed by atoms with Gasteiger partial charge in [0.2, 0.25) is 5.91 Å². The minimum Gasteiger partial charge on any atom is -0.322 e. The maximum atomic E-state index is 11.3. The van der Waals surface area contributed by atoms with E-state index in [4.69, 9.17) is 5.73 Å². The molecule has 0 radical (unpaired) electrons. The standard InChI is InChI=1S/C17H13N5OS/c18-8-11-5-13(12-1-3-20-4-2-12)7-14(6-11)15-10-24-17(21-15)22-16(23)9-19/h1-7,10H,9,19H2,(H,21,22,23). The Morgan fingerprint density at radius 3 is 2.67 bits per heavy atom. The Bertz CT molecular complexity index is 914. The van der Waals surface area contributed by atoms with E-state index in [2.05, 4.69) is 21.4 Å². The van der Waals surface area contributed by atoms with Crippen molar-refractivity contribution in [3.63, 3.8) is 0 Å². The molecule has 0 atom stereocenters. The molecular weight excluding hydrogens is 322 g/mol. The number of carbonyl (C=O) groups excluding carboxylic acids is 1. The Morgan fingerprint density at radius 1 is 1.21 bits per heavy atom. The molecule has 2 aromatic heterocycles. The quantitative estimate of drug-likeness (QED) is 0.762. The largest absolute Gasteiger partial charge is 0.322 e. The third-order valence-electron chi connectivity index (χ3n) is 3.31. The van der Waals surface area contributed by atoms with E-state index in [1.54, 1.807) is 18.5 Å². The predicted octanol–water partition coefficient (Wildman–Crippen LogP) is 2.64. The number of nitrogens with two attached hydrogens (primary N) is 1. The number of carbonyl (C=O) groups is 1. The van der Waals surface area contributed by atoms with Gasteiger partial charge in [0.05, 0.1) is 23.9 Å². The van der Waals surface area contributed by atoms with Gasteiger partial charge in [-0.2, -0.15) is 5.26 Å². The van der Waals surface area contributed by atoms with Gasteiger partial charge in [0.25, 0.3) is 0 Å². The molecule has 3 N–H and O–H groups in total. The number of benzene rings is 1. The molecule has 24 heavy (non-hydrogen) atoms. The molecule has 0 aliphatic carbocycles. The van der Waals surface area contributed by atoms with Crippen LogP contribution in [0, 0.1) is 11.3 Å². The van der Waals surface area contributed by atoms with Crippen LogP contribution in [-0.4, -0.2) is 22.4 Å². The van der Waals surface area contributed by atoms with E-state index in [-0.39, 0.29) is 12.5 Å². The van der Waals surface area contributed by atoms with Crippen LogP contribution in [-0.2, 0) is 4.79 Å². The number of anilines is 1. The van der Waals surface area contributed by atoms with Crippen LogP contribution >= 0.6 is 11.3 Å². The summed E-state index contributed by atoms with van der Waals surface area (Å²) in [7, 11) is 0. The minimum absolute atomic E-state index is 0.0922. The molecule has 7 heteroatoms. The van der Waals surface area contributed by atoms with Crippen molar-refractivity contribution in [2.75, 3.05) is 11.9 Å². The molecule has 0 fully saturated rings. The number of thiazole rings is 1. The number of nitrogens with zero attached hydrogens (tertiary/aromatic N) is 3. The van der Waals surface area contributed by atoms with E-state index < -0.39 is 0 Å². The second-order valence-corrected chi connectivity index (χ2v) is 5.80. The number of aromatic nitrogens is 2. The monoisotopic (exact) mass is 335 g/mol. The first-order valence-electron chi connectivity index (χ1n) is 7.11. The minimum atomic E-state index is -0.292. The van der Waals surface area contributed by atoms with Gasteiger partial charge >= 0.3 is 0 Å². The van der Waals surface area contributed by atoms with Crippen LogP contribution in [0.25, 0.3) is 22.4 Å². The fourth-order valence-electron chi connectivity index (χ4n) is 2.19. The molecule has 0 saturated heterocycles. The molecule has 0 aliphatic rings. The van der Waals surface area contributed by atoms with E-state index in [1.165, 1.54) is 11.3 Å². The zero-order valence-corrected chi connectivity index (χ0v) is 13.4. The summed E-state index contributed by atoms with van der Waals surface area (Å²) >= 11 is 1.31. The van der Waals surface area contributed by atoms with Crippen molar-refractivity contribution in [1.82, 2.24) is 9.97 Å². The number of amides is 1. The summed E-state index contributed by atoms with van der Waals surface area (Å²) in [6.07, 6.45) is 3.41. The zero-order valence-electron chi connectivity index (χ0n) is 12.6. The van der Waals surface area contributed by atoms with Crippen LogP contribution in [0.15, 0.2) is 48.1 Å². The van der Waals surface area contributed by atoms with Gasteiger partial charge in [-0.15, -0.1) is 11.3 Å². The van der Waals surface area contributed by atoms with Gasteiger partial charge in [-0.1, -0.05) is 0 Å². The second-order valence-electron chi connectivity index (χ2n) is 4.94. The molecule has 6 nitrogen and oxygen atoms in total. The highest BCUT2D eigenvalue weighted by Crippen LogP contribution is 2.30. The lowest BCUT2D eigenvalue weighted by Gasteiger charge is -2.05. The summed E-state index contributed by atoms with van der Waals surface area (Å²) in [4.78, 5) is 19.7. The number of pyridine rings is 1. The fraction of sp³-hybridized carbons (Fsp3) is 0.0588. The lowest BCUT2D eigenvalue weighted by atomic mass is 10.00. The summed E-state index contributed by atoms with van der Waals surface area (Å²) in [6, 6.07) is 11.5. The number of nitriles is 1. The van der Waals surface area contributed by atoms with Crippen LogP contribution in [0.3, 0.4) is 0 Å². The first kappa shape index (κ1) is 15.8. The van der Waals surface area contributed by atoms with Crippen LogP contribution in [0.2, 0.25) is 0 Å². The first-order chi connectivity index (χ1) is 11.7. The third-order valence-corrected chi connectivity index (χ3v) is 4.07. The fourth-order valence-corrected chi connectivity index (χ4v) is 2.92. The summed E-state index contributed by atoms with van der Waals surface area (Å²) in [5.74, 6) is -0.292. The molecule has 1 amide bonds. The average molecular weight is 335 g/mol. The van der Waals surface area contributed by atoms with Gasteiger partial charge in [0.15, 0.2) is 5.13 Å². The van der Waals surface area contributed by atoms with Gasteiger partial charge in [0.1, 0.15) is 0 Å². The SMILES string of the molecule is N#Cc1cc(-c2ccncc2)cc(-c2csc(NC(=O)CN)n2)c1. The topological polar surface area (TPSA) is 105 Å². The number of hydrogen-bond donors (Lipinski definition) is 2. The van der Waals surface area contributed by atoms with Crippen LogP contribution in [0.4, 0.5) is 5.13 Å². The Labute approximate surface area is 142 Å². The summed E-state index contributed by atoms with van der Waals surface area (Å²) in [5, 5.41) is 14.2. The normalized spacial score (nSPS) is 10.2. The zero-order chi connectivity index (χ0) is 16.9. The Balaban J connectivity index is 1.99. The van der Waals surface area contributed by atoms with Crippen LogP contribution in [0.1, 0.15) is 5.56 Å². The molecule has 2 heterocycles. The Kier molecular flexibility index (Phi) is 4.61. The average Bonchev–Trinajstić information content (AvgIpc) is 3.10. The molecule has 3 rings (SSSR count). The van der Waals surface area contributed by atoms with Crippen molar-refractivity contribution in [3.05, 3.63) is 53.7 Å². The predicted molar refractivity (Wildman–Crippen MR) is 93.2 cm³/mol. The highest BCUT2D eigenvalue weighted by atomic mass is 32.1. The van der Waals surface area contributed by atoms with Crippen LogP contribution in [0.5, 0.6) is 0 Å². The van der Waals surface area contributed by atoms with Crippen molar-refractivity contribution in [2.45, 2.75) is 0 Å². The highest BCUT2D eigenvalue weighted by molar-refractivity contribution is 7.14. The first-order valence-corrected chi connectivity index (χ1v) is 7.99. The lowest BCUT2D eigenvalue weighted by Crippen LogP contribution is -2.21. The van der Waals surface area contributed by atoms with Crippen molar-refractivity contribution >= 4 is 22.4 Å². The summed E-state index contributed by atoms with van der Waals surface area (Å²) in [6.45, 7) is -0.0922. The van der Waals surface area contributed by atoms with Crippen molar-refractivity contribution in [3.8, 4) is 28.5 Å². The van der Waals surface area contributed by atoms with Gasteiger partial charge in [-0.05, 0) is 41.5 Å². The molecule has 3 aromatic rings.